The quantitative estimate of drug-likeness (QED) is 0.560. The lowest BCUT2D eigenvalue weighted by Crippen LogP contribution is -2.48. The Morgan fingerprint density at radius 2 is 2.03 bits per heavy atom. The lowest BCUT2D eigenvalue weighted by molar-refractivity contribution is -0.274. The lowest BCUT2D eigenvalue weighted by Gasteiger charge is -2.22. The molecule has 3 heterocycles. The van der Waals surface area contributed by atoms with Crippen molar-refractivity contribution in [1.29, 1.82) is 0 Å². The summed E-state index contributed by atoms with van der Waals surface area (Å²) < 4.78 is 47.8. The minimum absolute atomic E-state index is 0.0858. The molecular weight excluding hydrogens is 461 g/mol. The number of alkyl halides is 3. The predicted molar refractivity (Wildman–Crippen MR) is 114 cm³/mol. The van der Waals surface area contributed by atoms with Crippen molar-refractivity contribution < 1.29 is 27.4 Å². The minimum Gasteiger partial charge on any atom is -0.487 e. The van der Waals surface area contributed by atoms with E-state index in [0.717, 1.165) is 0 Å². The van der Waals surface area contributed by atoms with Gasteiger partial charge in [-0.05, 0) is 29.8 Å². The number of aromatic nitrogens is 4. The van der Waals surface area contributed by atoms with E-state index in [1.54, 1.807) is 30.3 Å². The molecule has 0 fully saturated rings. The van der Waals surface area contributed by atoms with Crippen LogP contribution in [0.4, 0.5) is 19.0 Å². The van der Waals surface area contributed by atoms with Gasteiger partial charge in [0, 0.05) is 13.2 Å². The molecule has 13 heteroatoms. The smallest absolute Gasteiger partial charge is 0.487 e. The van der Waals surface area contributed by atoms with Crippen molar-refractivity contribution in [3.8, 4) is 11.5 Å². The zero-order chi connectivity index (χ0) is 23.6. The van der Waals surface area contributed by atoms with Crippen LogP contribution in [-0.2, 0) is 6.54 Å². The Balaban J connectivity index is 1.39. The Bertz CT molecular complexity index is 1170. The number of ether oxygens (including phenoxy) is 2. The van der Waals surface area contributed by atoms with Gasteiger partial charge < -0.3 is 19.7 Å². The third-order valence-electron chi connectivity index (χ3n) is 4.65. The van der Waals surface area contributed by atoms with Gasteiger partial charge in [0.05, 0.1) is 6.54 Å². The highest BCUT2D eigenvalue weighted by Crippen LogP contribution is 2.28. The number of thiocarbonyl (C=S) groups is 1. The van der Waals surface area contributed by atoms with Crippen molar-refractivity contribution in [2.45, 2.75) is 18.9 Å². The van der Waals surface area contributed by atoms with Gasteiger partial charge in [-0.15, -0.1) is 18.3 Å². The molecule has 172 valence electrons. The van der Waals surface area contributed by atoms with Crippen molar-refractivity contribution >= 4 is 28.9 Å². The van der Waals surface area contributed by atoms with E-state index >= 15 is 0 Å². The highest BCUT2D eigenvalue weighted by atomic mass is 32.1. The average molecular weight is 478 g/mol. The van der Waals surface area contributed by atoms with E-state index < -0.39 is 18.3 Å². The molecule has 0 spiro atoms. The Morgan fingerprint density at radius 1 is 1.27 bits per heavy atom. The molecule has 0 radical (unpaired) electrons. The van der Waals surface area contributed by atoms with Crippen LogP contribution >= 0.6 is 12.2 Å². The fourth-order valence-corrected chi connectivity index (χ4v) is 3.33. The molecule has 33 heavy (non-hydrogen) atoms. The number of fused-ring (bicyclic) bond motifs is 1. The summed E-state index contributed by atoms with van der Waals surface area (Å²) in [6, 6.07) is 8.21. The highest BCUT2D eigenvalue weighted by Gasteiger charge is 2.31. The van der Waals surface area contributed by atoms with Crippen LogP contribution in [0.15, 0.2) is 48.9 Å². The summed E-state index contributed by atoms with van der Waals surface area (Å²) in [5.74, 6) is 0.138. The molecule has 0 bridgehead atoms. The first-order chi connectivity index (χ1) is 15.7. The van der Waals surface area contributed by atoms with Crippen molar-refractivity contribution in [3.05, 3.63) is 60.3 Å². The molecular formula is C20H17F3N6O3S. The molecule has 1 aliphatic rings. The summed E-state index contributed by atoms with van der Waals surface area (Å²) in [6.45, 7) is 0.307. The number of carbonyl (C=O) groups excluding carboxylic acids is 1. The number of hydrogen-bond acceptors (Lipinski definition) is 7. The Morgan fingerprint density at radius 3 is 2.76 bits per heavy atom. The molecule has 0 saturated heterocycles. The van der Waals surface area contributed by atoms with Crippen LogP contribution in [0.3, 0.4) is 0 Å². The van der Waals surface area contributed by atoms with Crippen LogP contribution in [0.25, 0.3) is 0 Å². The maximum absolute atomic E-state index is 12.7. The monoisotopic (exact) mass is 478 g/mol. The van der Waals surface area contributed by atoms with Crippen molar-refractivity contribution in [1.82, 2.24) is 25.1 Å². The molecule has 0 unspecified atom stereocenters. The number of hydrogen-bond donors (Lipinski definition) is 1. The van der Waals surface area contributed by atoms with E-state index in [2.05, 4.69) is 25.1 Å². The van der Waals surface area contributed by atoms with Crippen LogP contribution in [0.5, 0.6) is 11.5 Å². The molecule has 4 rings (SSSR count). The molecule has 0 aliphatic carbocycles. The number of likely N-dealkylation sites (N-methyl/N-ethyl adjacent to an activating group) is 1. The van der Waals surface area contributed by atoms with Gasteiger partial charge in [0.15, 0.2) is 11.6 Å². The predicted octanol–water partition coefficient (Wildman–Crippen LogP) is 2.57. The number of carbonyl (C=O) groups is 1. The molecule has 1 N–H and O–H groups in total. The van der Waals surface area contributed by atoms with Gasteiger partial charge in [0.25, 0.3) is 5.91 Å². The lowest BCUT2D eigenvalue weighted by atomic mass is 10.2. The van der Waals surface area contributed by atoms with Crippen LogP contribution in [0.2, 0.25) is 0 Å². The summed E-state index contributed by atoms with van der Waals surface area (Å²) in [5, 5.41) is 6.89. The van der Waals surface area contributed by atoms with E-state index in [1.807, 2.05) is 0 Å². The van der Waals surface area contributed by atoms with Gasteiger partial charge >= 0.3 is 6.36 Å². The van der Waals surface area contributed by atoms with Gasteiger partial charge in [0.2, 0.25) is 5.82 Å². The second-order valence-corrected chi connectivity index (χ2v) is 7.44. The molecule has 1 atom stereocenters. The van der Waals surface area contributed by atoms with E-state index in [1.165, 1.54) is 35.3 Å². The van der Waals surface area contributed by atoms with E-state index in [4.69, 9.17) is 17.0 Å². The van der Waals surface area contributed by atoms with Gasteiger partial charge in [-0.25, -0.2) is 14.6 Å². The number of pyridine rings is 1. The zero-order valence-corrected chi connectivity index (χ0v) is 17.9. The first kappa shape index (κ1) is 22.5. The number of nitrogens with one attached hydrogen (secondary N) is 1. The van der Waals surface area contributed by atoms with Crippen LogP contribution in [0.1, 0.15) is 16.2 Å². The van der Waals surface area contributed by atoms with E-state index in [0.29, 0.717) is 22.1 Å². The van der Waals surface area contributed by atoms with Gasteiger partial charge in [-0.2, -0.15) is 0 Å². The number of anilines is 1. The molecule has 9 nitrogen and oxygen atoms in total. The molecule has 1 aromatic carbocycles. The first-order valence-corrected chi connectivity index (χ1v) is 10.0. The molecule has 3 aromatic rings. The molecule has 0 saturated carbocycles. The first-order valence-electron chi connectivity index (χ1n) is 9.60. The Kier molecular flexibility index (Phi) is 6.14. The number of benzene rings is 1. The third-order valence-corrected chi connectivity index (χ3v) is 5.21. The summed E-state index contributed by atoms with van der Waals surface area (Å²) in [4.78, 5) is 23.0. The second kappa shape index (κ2) is 9.02. The highest BCUT2D eigenvalue weighted by molar-refractivity contribution is 7.80. The van der Waals surface area contributed by atoms with Crippen molar-refractivity contribution in [2.75, 3.05) is 18.6 Å². The Hall–Kier alpha value is -3.74. The standard InChI is InChI=1S/C20H17F3N6O3S/c1-28-17-15(3-2-8-24-17)31-10-14(19(28)33)26-18(30)16-25-11-29(27-16)9-12-4-6-13(7-5-12)32-20(21,22)23/h2-8,11,14H,9-10H2,1H3,(H,26,30)/t14-/m0/s1. The maximum Gasteiger partial charge on any atom is 0.573 e. The zero-order valence-electron chi connectivity index (χ0n) is 17.1. The summed E-state index contributed by atoms with van der Waals surface area (Å²) in [6.07, 6.45) is -1.79. The average Bonchev–Trinajstić information content (AvgIpc) is 3.20. The number of rotatable bonds is 5. The van der Waals surface area contributed by atoms with E-state index in [-0.39, 0.29) is 24.7 Å². The molecule has 1 amide bonds. The second-order valence-electron chi connectivity index (χ2n) is 7.02. The van der Waals surface area contributed by atoms with Crippen LogP contribution < -0.4 is 19.7 Å². The topological polar surface area (TPSA) is 94.4 Å². The summed E-state index contributed by atoms with van der Waals surface area (Å²) in [7, 11) is 1.74. The van der Waals surface area contributed by atoms with Gasteiger partial charge in [-0.1, -0.05) is 24.4 Å². The fraction of sp³-hybridized carbons (Fsp3) is 0.250. The minimum atomic E-state index is -4.76. The van der Waals surface area contributed by atoms with Crippen molar-refractivity contribution in [3.63, 3.8) is 0 Å². The largest absolute Gasteiger partial charge is 0.573 e. The fourth-order valence-electron chi connectivity index (χ4n) is 3.11. The Labute approximate surface area is 191 Å². The van der Waals surface area contributed by atoms with Crippen LogP contribution in [-0.4, -0.2) is 56.7 Å². The number of amides is 1. The maximum atomic E-state index is 12.7. The van der Waals surface area contributed by atoms with E-state index in [9.17, 15) is 18.0 Å². The SMILES string of the molecule is CN1C(=S)[C@@H](NC(=O)c2ncn(Cc3ccc(OC(F)(F)F)cc3)n2)COc2cccnc21. The molecule has 2 aromatic heterocycles. The molecule has 1 aliphatic heterocycles. The van der Waals surface area contributed by atoms with Crippen LogP contribution in [0, 0.1) is 0 Å². The third kappa shape index (κ3) is 5.37. The van der Waals surface area contributed by atoms with Gasteiger partial charge in [-0.3, -0.25) is 4.79 Å². The van der Waals surface area contributed by atoms with Gasteiger partial charge in [0.1, 0.15) is 29.7 Å². The van der Waals surface area contributed by atoms with Crippen molar-refractivity contribution in [2.24, 2.45) is 0 Å². The number of nitrogens with zero attached hydrogens (tertiary/aromatic N) is 5. The summed E-state index contributed by atoms with van der Waals surface area (Å²) in [5.41, 5.74) is 0.645. The normalized spacial score (nSPS) is 15.9. The summed E-state index contributed by atoms with van der Waals surface area (Å²) >= 11 is 5.48. The number of halogens is 3.